The minimum atomic E-state index is -0.470. The lowest BCUT2D eigenvalue weighted by atomic mass is 10.2. The molecule has 0 aliphatic carbocycles. The fraction of sp³-hybridized carbons (Fsp3) is 0.400. The number of rotatable bonds is 5. The van der Waals surface area contributed by atoms with Gasteiger partial charge in [0.1, 0.15) is 5.15 Å². The van der Waals surface area contributed by atoms with E-state index in [1.807, 2.05) is 0 Å². The van der Waals surface area contributed by atoms with E-state index in [4.69, 9.17) is 33.0 Å². The number of halogens is 2. The molecule has 1 amide bonds. The Morgan fingerprint density at radius 2 is 2.35 bits per heavy atom. The van der Waals surface area contributed by atoms with Crippen LogP contribution in [0.25, 0.3) is 0 Å². The topological polar surface area (TPSA) is 71.5 Å². The molecular weight excluding hydrogens is 267 g/mol. The van der Waals surface area contributed by atoms with Crippen molar-refractivity contribution in [2.24, 2.45) is 0 Å². The van der Waals surface area contributed by atoms with Crippen molar-refractivity contribution in [1.29, 1.82) is 0 Å². The normalized spacial score (nSPS) is 12.2. The van der Waals surface area contributed by atoms with Crippen LogP contribution in [0.1, 0.15) is 10.4 Å². The molecule has 0 aliphatic heterocycles. The van der Waals surface area contributed by atoms with Gasteiger partial charge in [0.2, 0.25) is 0 Å². The van der Waals surface area contributed by atoms with E-state index in [2.05, 4.69) is 10.3 Å². The van der Waals surface area contributed by atoms with E-state index in [1.165, 1.54) is 19.4 Å². The number of methoxy groups -OCH3 is 1. The van der Waals surface area contributed by atoms with Gasteiger partial charge >= 0.3 is 0 Å². The highest BCUT2D eigenvalue weighted by Crippen LogP contribution is 2.19. The maximum absolute atomic E-state index is 11.7. The molecule has 0 spiro atoms. The zero-order valence-corrected chi connectivity index (χ0v) is 10.6. The monoisotopic (exact) mass is 278 g/mol. The molecule has 2 N–H and O–H groups in total. The Balaban J connectivity index is 2.72. The quantitative estimate of drug-likeness (QED) is 0.792. The Bertz CT molecular complexity index is 401. The summed E-state index contributed by atoms with van der Waals surface area (Å²) in [6.45, 7) is 0.00528. The molecule has 1 atom stereocenters. The van der Waals surface area contributed by atoms with Crippen LogP contribution in [0, 0.1) is 0 Å². The van der Waals surface area contributed by atoms with Crippen molar-refractivity contribution in [3.8, 4) is 0 Å². The van der Waals surface area contributed by atoms with Crippen molar-refractivity contribution < 1.29 is 14.6 Å². The molecule has 7 heteroatoms. The summed E-state index contributed by atoms with van der Waals surface area (Å²) >= 11 is 11.4. The Labute approximate surface area is 109 Å². The van der Waals surface area contributed by atoms with E-state index >= 15 is 0 Å². The molecule has 94 valence electrons. The zero-order valence-electron chi connectivity index (χ0n) is 9.11. The van der Waals surface area contributed by atoms with Gasteiger partial charge in [-0.25, -0.2) is 4.98 Å². The lowest BCUT2D eigenvalue weighted by molar-refractivity contribution is 0.0839. The van der Waals surface area contributed by atoms with Crippen LogP contribution in [0.2, 0.25) is 10.2 Å². The van der Waals surface area contributed by atoms with Crippen LogP contribution in [-0.2, 0) is 4.74 Å². The van der Waals surface area contributed by atoms with Gasteiger partial charge in [-0.15, -0.1) is 0 Å². The van der Waals surface area contributed by atoms with Crippen molar-refractivity contribution >= 4 is 29.1 Å². The molecule has 0 aliphatic rings. The predicted molar refractivity (Wildman–Crippen MR) is 64.5 cm³/mol. The second-order valence-corrected chi connectivity index (χ2v) is 4.07. The fourth-order valence-corrected chi connectivity index (χ4v) is 1.43. The summed E-state index contributed by atoms with van der Waals surface area (Å²) in [5, 5.41) is 11.9. The Hall–Kier alpha value is -0.880. The molecule has 1 unspecified atom stereocenters. The molecule has 0 saturated carbocycles. The van der Waals surface area contributed by atoms with Crippen LogP contribution in [0.15, 0.2) is 12.3 Å². The highest BCUT2D eigenvalue weighted by Gasteiger charge is 2.14. The summed E-state index contributed by atoms with van der Waals surface area (Å²) in [5.74, 6) is -0.396. The van der Waals surface area contributed by atoms with Gasteiger partial charge in [-0.05, 0) is 6.07 Å². The van der Waals surface area contributed by atoms with Gasteiger partial charge in [0.15, 0.2) is 0 Å². The second-order valence-electron chi connectivity index (χ2n) is 3.30. The van der Waals surface area contributed by atoms with Gasteiger partial charge in [-0.3, -0.25) is 4.79 Å². The lowest BCUT2D eigenvalue weighted by Crippen LogP contribution is -2.40. The molecule has 0 bridgehead atoms. The summed E-state index contributed by atoms with van der Waals surface area (Å²) in [4.78, 5) is 15.5. The van der Waals surface area contributed by atoms with E-state index in [0.29, 0.717) is 0 Å². The predicted octanol–water partition coefficient (Wildman–Crippen LogP) is 1.13. The fourth-order valence-electron chi connectivity index (χ4n) is 1.16. The van der Waals surface area contributed by atoms with E-state index in [0.717, 1.165) is 0 Å². The number of amides is 1. The van der Waals surface area contributed by atoms with Gasteiger partial charge in [0, 0.05) is 13.3 Å². The first-order valence-electron chi connectivity index (χ1n) is 4.80. The minimum absolute atomic E-state index is 0.138. The van der Waals surface area contributed by atoms with E-state index in [9.17, 15) is 4.79 Å². The number of aromatic nitrogens is 1. The van der Waals surface area contributed by atoms with Crippen LogP contribution in [0.5, 0.6) is 0 Å². The van der Waals surface area contributed by atoms with Crippen molar-refractivity contribution in [1.82, 2.24) is 10.3 Å². The van der Waals surface area contributed by atoms with Crippen LogP contribution in [0.4, 0.5) is 0 Å². The Kier molecular flexibility index (Phi) is 5.64. The van der Waals surface area contributed by atoms with Gasteiger partial charge in [-0.2, -0.15) is 0 Å². The largest absolute Gasteiger partial charge is 0.394 e. The Morgan fingerprint density at radius 3 is 2.88 bits per heavy atom. The molecule has 1 aromatic rings. The number of hydrogen-bond donors (Lipinski definition) is 2. The van der Waals surface area contributed by atoms with Crippen molar-refractivity contribution in [3.05, 3.63) is 28.0 Å². The molecule has 17 heavy (non-hydrogen) atoms. The van der Waals surface area contributed by atoms with Gasteiger partial charge in [0.25, 0.3) is 5.91 Å². The standard InChI is InChI=1S/C10H12Cl2N2O3/c1-17-5-7(4-15)14-10(16)6-2-8(11)9(12)13-3-6/h2-3,7,15H,4-5H2,1H3,(H,14,16). The third-order valence-electron chi connectivity index (χ3n) is 1.98. The van der Waals surface area contributed by atoms with E-state index in [-0.39, 0.29) is 29.0 Å². The number of aliphatic hydroxyl groups is 1. The van der Waals surface area contributed by atoms with Crippen molar-refractivity contribution in [2.45, 2.75) is 6.04 Å². The summed E-state index contributed by atoms with van der Waals surface area (Å²) in [6, 6.07) is 0.940. The van der Waals surface area contributed by atoms with Crippen LogP contribution >= 0.6 is 23.2 Å². The summed E-state index contributed by atoms with van der Waals surface area (Å²) in [7, 11) is 1.48. The number of pyridine rings is 1. The smallest absolute Gasteiger partial charge is 0.253 e. The number of aliphatic hydroxyl groups excluding tert-OH is 1. The molecular formula is C10H12Cl2N2O3. The SMILES string of the molecule is COCC(CO)NC(=O)c1cnc(Cl)c(Cl)c1. The maximum Gasteiger partial charge on any atom is 0.253 e. The summed E-state index contributed by atoms with van der Waals surface area (Å²) in [6.07, 6.45) is 1.31. The number of carbonyl (C=O) groups is 1. The minimum Gasteiger partial charge on any atom is -0.394 e. The van der Waals surface area contributed by atoms with Crippen LogP contribution in [0.3, 0.4) is 0 Å². The molecule has 0 fully saturated rings. The molecule has 1 rings (SSSR count). The first-order chi connectivity index (χ1) is 8.08. The number of nitrogens with one attached hydrogen (secondary N) is 1. The van der Waals surface area contributed by atoms with Crippen molar-refractivity contribution in [2.75, 3.05) is 20.3 Å². The molecule has 0 saturated heterocycles. The second kappa shape index (κ2) is 6.76. The molecule has 1 aromatic heterocycles. The van der Waals surface area contributed by atoms with E-state index in [1.54, 1.807) is 0 Å². The first kappa shape index (κ1) is 14.2. The summed E-state index contributed by atoms with van der Waals surface area (Å²) < 4.78 is 4.84. The number of carbonyl (C=O) groups excluding carboxylic acids is 1. The third kappa shape index (κ3) is 4.12. The van der Waals surface area contributed by atoms with Crippen LogP contribution in [-0.4, -0.2) is 42.4 Å². The maximum atomic E-state index is 11.7. The molecule has 0 aromatic carbocycles. The lowest BCUT2D eigenvalue weighted by Gasteiger charge is -2.15. The first-order valence-corrected chi connectivity index (χ1v) is 5.55. The van der Waals surface area contributed by atoms with Gasteiger partial charge in [-0.1, -0.05) is 23.2 Å². The number of hydrogen-bond acceptors (Lipinski definition) is 4. The van der Waals surface area contributed by atoms with Crippen LogP contribution < -0.4 is 5.32 Å². The average Bonchev–Trinajstić information content (AvgIpc) is 2.31. The molecule has 5 nitrogen and oxygen atoms in total. The zero-order chi connectivity index (χ0) is 12.8. The van der Waals surface area contributed by atoms with Crippen molar-refractivity contribution in [3.63, 3.8) is 0 Å². The highest BCUT2D eigenvalue weighted by atomic mass is 35.5. The van der Waals surface area contributed by atoms with Gasteiger partial charge < -0.3 is 15.2 Å². The molecule has 1 heterocycles. The molecule has 0 radical (unpaired) electrons. The number of nitrogens with zero attached hydrogens (tertiary/aromatic N) is 1. The summed E-state index contributed by atoms with van der Waals surface area (Å²) in [5.41, 5.74) is 0.272. The highest BCUT2D eigenvalue weighted by molar-refractivity contribution is 6.41. The van der Waals surface area contributed by atoms with Gasteiger partial charge in [0.05, 0.1) is 29.8 Å². The Morgan fingerprint density at radius 1 is 1.65 bits per heavy atom. The van der Waals surface area contributed by atoms with E-state index < -0.39 is 11.9 Å². The number of ether oxygens (including phenoxy) is 1. The third-order valence-corrected chi connectivity index (χ3v) is 2.67. The average molecular weight is 279 g/mol.